The Bertz CT molecular complexity index is 557. The van der Waals surface area contributed by atoms with E-state index in [1.807, 2.05) is 0 Å². The highest BCUT2D eigenvalue weighted by Gasteiger charge is 2.55. The molecule has 2 aliphatic carbocycles. The summed E-state index contributed by atoms with van der Waals surface area (Å²) < 4.78 is 9.66. The van der Waals surface area contributed by atoms with E-state index >= 15 is 0 Å². The Balaban J connectivity index is 1.94. The predicted molar refractivity (Wildman–Crippen MR) is 85.0 cm³/mol. The van der Waals surface area contributed by atoms with Crippen molar-refractivity contribution < 1.29 is 29.0 Å². The van der Waals surface area contributed by atoms with Gasteiger partial charge in [0.05, 0.1) is 6.42 Å². The van der Waals surface area contributed by atoms with E-state index in [0.29, 0.717) is 5.92 Å². The molecule has 134 valence electrons. The van der Waals surface area contributed by atoms with Crippen LogP contribution in [0.2, 0.25) is 0 Å². The molecule has 0 bridgehead atoms. The number of carboxylic acid groups (broad SMARTS) is 1. The number of alkyl carbamates (subject to hydrolysis) is 1. The molecule has 24 heavy (non-hydrogen) atoms. The standard InChI is InChI=1S/C17H25NO6/c1-4-12-5-13-7-17(8-15(20)21,14(13)6-12)9-18-16(22)24-11(3)23-10(2)19/h6,11,13-14H,4-5,7-9H2,1-3H3,(H,18,22)(H,20,21)/t11-,13+,14+,17+/m0/s1. The molecule has 0 spiro atoms. The molecular formula is C17H25NO6. The Kier molecular flexibility index (Phi) is 5.51. The molecule has 1 saturated carbocycles. The summed E-state index contributed by atoms with van der Waals surface area (Å²) in [6.07, 6.45) is 3.29. The first-order valence-corrected chi connectivity index (χ1v) is 8.29. The van der Waals surface area contributed by atoms with Gasteiger partial charge in [0.25, 0.3) is 0 Å². The van der Waals surface area contributed by atoms with E-state index in [0.717, 1.165) is 19.3 Å². The Morgan fingerprint density at radius 2 is 2.12 bits per heavy atom. The second kappa shape index (κ2) is 7.23. The van der Waals surface area contributed by atoms with Gasteiger partial charge in [-0.1, -0.05) is 18.6 Å². The molecule has 1 fully saturated rings. The number of rotatable bonds is 7. The number of ether oxygens (including phenoxy) is 2. The van der Waals surface area contributed by atoms with E-state index in [9.17, 15) is 19.5 Å². The van der Waals surface area contributed by atoms with Crippen LogP contribution in [0, 0.1) is 17.3 Å². The third kappa shape index (κ3) is 4.07. The first-order chi connectivity index (χ1) is 11.3. The van der Waals surface area contributed by atoms with Crippen molar-refractivity contribution in [3.8, 4) is 0 Å². The second-order valence-corrected chi connectivity index (χ2v) is 6.74. The smallest absolute Gasteiger partial charge is 0.410 e. The number of nitrogens with one attached hydrogen (secondary N) is 1. The number of amides is 1. The number of carbonyl (C=O) groups is 3. The fourth-order valence-corrected chi connectivity index (χ4v) is 4.00. The minimum atomic E-state index is -0.981. The van der Waals surface area contributed by atoms with E-state index in [4.69, 9.17) is 9.47 Å². The maximum absolute atomic E-state index is 11.8. The van der Waals surface area contributed by atoms with E-state index in [1.54, 1.807) is 0 Å². The van der Waals surface area contributed by atoms with Gasteiger partial charge in [0.1, 0.15) is 0 Å². The molecular weight excluding hydrogens is 314 g/mol. The van der Waals surface area contributed by atoms with Crippen LogP contribution in [-0.4, -0.2) is 36.0 Å². The van der Waals surface area contributed by atoms with Crippen LogP contribution in [0.15, 0.2) is 11.6 Å². The van der Waals surface area contributed by atoms with E-state index in [1.165, 1.54) is 19.4 Å². The van der Waals surface area contributed by atoms with Gasteiger partial charge in [-0.3, -0.25) is 9.59 Å². The lowest BCUT2D eigenvalue weighted by molar-refractivity contribution is -0.162. The highest BCUT2D eigenvalue weighted by atomic mass is 16.7. The van der Waals surface area contributed by atoms with Crippen molar-refractivity contribution in [3.05, 3.63) is 11.6 Å². The minimum Gasteiger partial charge on any atom is -0.481 e. The second-order valence-electron chi connectivity index (χ2n) is 6.74. The maximum atomic E-state index is 11.8. The first-order valence-electron chi connectivity index (χ1n) is 8.29. The summed E-state index contributed by atoms with van der Waals surface area (Å²) in [4.78, 5) is 33.9. The minimum absolute atomic E-state index is 0.0153. The Hall–Kier alpha value is -2.05. The van der Waals surface area contributed by atoms with Crippen LogP contribution in [0.1, 0.15) is 46.5 Å². The van der Waals surface area contributed by atoms with Gasteiger partial charge in [-0.15, -0.1) is 0 Å². The van der Waals surface area contributed by atoms with Crippen LogP contribution >= 0.6 is 0 Å². The van der Waals surface area contributed by atoms with Crippen LogP contribution < -0.4 is 5.32 Å². The molecule has 7 heteroatoms. The van der Waals surface area contributed by atoms with Crippen molar-refractivity contribution in [1.29, 1.82) is 0 Å². The molecule has 0 unspecified atom stereocenters. The summed E-state index contributed by atoms with van der Waals surface area (Å²) in [6.45, 7) is 5.01. The number of hydrogen-bond acceptors (Lipinski definition) is 5. The van der Waals surface area contributed by atoms with Gasteiger partial charge in [-0.25, -0.2) is 4.79 Å². The van der Waals surface area contributed by atoms with Crippen LogP contribution in [-0.2, 0) is 19.1 Å². The summed E-state index contributed by atoms with van der Waals surface area (Å²) in [5, 5.41) is 11.9. The van der Waals surface area contributed by atoms with Gasteiger partial charge in [0.15, 0.2) is 0 Å². The molecule has 7 nitrogen and oxygen atoms in total. The lowest BCUT2D eigenvalue weighted by atomic mass is 9.53. The summed E-state index contributed by atoms with van der Waals surface area (Å²) in [5.74, 6) is -0.732. The quantitative estimate of drug-likeness (QED) is 0.420. The SMILES string of the molecule is CCC1=C[C@@H]2[C@H](C1)C[C@]2(CNC(=O)O[C@@H](C)OC(C)=O)CC(=O)O. The molecule has 0 aromatic rings. The summed E-state index contributed by atoms with van der Waals surface area (Å²) in [6, 6.07) is 0. The number of fused-ring (bicyclic) bond motifs is 1. The van der Waals surface area contributed by atoms with Gasteiger partial charge in [0.2, 0.25) is 6.29 Å². The average molecular weight is 339 g/mol. The van der Waals surface area contributed by atoms with Gasteiger partial charge < -0.3 is 19.9 Å². The Labute approximate surface area is 141 Å². The largest absolute Gasteiger partial charge is 0.481 e. The molecule has 0 aromatic carbocycles. The van der Waals surface area contributed by atoms with Gasteiger partial charge in [0, 0.05) is 25.8 Å². The number of carboxylic acids is 1. The highest BCUT2D eigenvalue weighted by molar-refractivity contribution is 5.70. The third-order valence-electron chi connectivity index (χ3n) is 4.97. The van der Waals surface area contributed by atoms with Gasteiger partial charge in [-0.05, 0) is 31.1 Å². The molecule has 1 amide bonds. The fraction of sp³-hybridized carbons (Fsp3) is 0.706. The van der Waals surface area contributed by atoms with Crippen LogP contribution in [0.25, 0.3) is 0 Å². The van der Waals surface area contributed by atoms with Crippen molar-refractivity contribution in [2.45, 2.75) is 52.7 Å². The molecule has 2 N–H and O–H groups in total. The predicted octanol–water partition coefficient (Wildman–Crippen LogP) is 2.46. The fourth-order valence-electron chi connectivity index (χ4n) is 4.00. The molecule has 0 saturated heterocycles. The number of esters is 1. The number of aliphatic carboxylic acids is 1. The first kappa shape index (κ1) is 18.3. The zero-order chi connectivity index (χ0) is 17.9. The van der Waals surface area contributed by atoms with Gasteiger partial charge in [-0.2, -0.15) is 0 Å². The third-order valence-corrected chi connectivity index (χ3v) is 4.97. The molecule has 0 radical (unpaired) electrons. The average Bonchev–Trinajstić information content (AvgIpc) is 2.80. The van der Waals surface area contributed by atoms with Crippen molar-refractivity contribution in [3.63, 3.8) is 0 Å². The zero-order valence-electron chi connectivity index (χ0n) is 14.3. The van der Waals surface area contributed by atoms with E-state index in [-0.39, 0.29) is 18.9 Å². The van der Waals surface area contributed by atoms with Crippen molar-refractivity contribution in [2.24, 2.45) is 17.3 Å². The van der Waals surface area contributed by atoms with Crippen molar-refractivity contribution >= 4 is 18.0 Å². The molecule has 0 aromatic heterocycles. The topological polar surface area (TPSA) is 102 Å². The monoisotopic (exact) mass is 339 g/mol. The summed E-state index contributed by atoms with van der Waals surface area (Å²) in [7, 11) is 0. The van der Waals surface area contributed by atoms with E-state index in [2.05, 4.69) is 18.3 Å². The Morgan fingerprint density at radius 1 is 1.42 bits per heavy atom. The zero-order valence-corrected chi connectivity index (χ0v) is 14.3. The number of allylic oxidation sites excluding steroid dienone is 2. The lowest BCUT2D eigenvalue weighted by Crippen LogP contribution is -2.53. The van der Waals surface area contributed by atoms with Crippen molar-refractivity contribution in [1.82, 2.24) is 5.32 Å². The molecule has 0 heterocycles. The van der Waals surface area contributed by atoms with Gasteiger partial charge >= 0.3 is 18.0 Å². The molecule has 4 atom stereocenters. The normalized spacial score (nSPS) is 28.9. The maximum Gasteiger partial charge on any atom is 0.410 e. The lowest BCUT2D eigenvalue weighted by Gasteiger charge is -2.51. The van der Waals surface area contributed by atoms with E-state index < -0.39 is 29.7 Å². The summed E-state index contributed by atoms with van der Waals surface area (Å²) >= 11 is 0. The van der Waals surface area contributed by atoms with Crippen LogP contribution in [0.5, 0.6) is 0 Å². The van der Waals surface area contributed by atoms with Crippen LogP contribution in [0.3, 0.4) is 0 Å². The highest BCUT2D eigenvalue weighted by Crippen LogP contribution is 2.59. The van der Waals surface area contributed by atoms with Crippen LogP contribution in [0.4, 0.5) is 4.79 Å². The summed E-state index contributed by atoms with van der Waals surface area (Å²) in [5.41, 5.74) is 0.903. The number of carbonyl (C=O) groups excluding carboxylic acids is 2. The number of hydrogen-bond donors (Lipinski definition) is 2. The Morgan fingerprint density at radius 3 is 2.71 bits per heavy atom. The molecule has 0 aliphatic heterocycles. The molecule has 2 rings (SSSR count). The van der Waals surface area contributed by atoms with Crippen molar-refractivity contribution in [2.75, 3.05) is 6.54 Å². The molecule has 2 aliphatic rings.